The van der Waals surface area contributed by atoms with Crippen molar-refractivity contribution in [1.29, 1.82) is 0 Å². The van der Waals surface area contributed by atoms with Gasteiger partial charge in [0.1, 0.15) is 0 Å². The molecule has 0 radical (unpaired) electrons. The molecule has 0 amide bonds. The maximum atomic E-state index is 6.14. The summed E-state index contributed by atoms with van der Waals surface area (Å²) in [5.41, 5.74) is 1.09. The fourth-order valence-corrected chi connectivity index (χ4v) is 1.72. The number of halogens is 1. The number of benzene rings is 1. The van der Waals surface area contributed by atoms with E-state index in [1.54, 1.807) is 7.11 Å². The third-order valence-electron chi connectivity index (χ3n) is 2.16. The van der Waals surface area contributed by atoms with Gasteiger partial charge in [0, 0.05) is 6.54 Å². The van der Waals surface area contributed by atoms with E-state index in [-0.39, 0.29) is 0 Å². The number of rotatable bonds is 6. The highest BCUT2D eigenvalue weighted by atomic mass is 35.5. The van der Waals surface area contributed by atoms with E-state index in [2.05, 4.69) is 12.2 Å². The highest BCUT2D eigenvalue weighted by Gasteiger charge is 2.11. The van der Waals surface area contributed by atoms with Crippen LogP contribution < -0.4 is 14.8 Å². The van der Waals surface area contributed by atoms with Gasteiger partial charge < -0.3 is 14.8 Å². The molecule has 0 fully saturated rings. The monoisotopic (exact) mass is 243 g/mol. The second kappa shape index (κ2) is 6.61. The molecule has 0 atom stereocenters. The molecule has 0 aliphatic carbocycles. The van der Waals surface area contributed by atoms with E-state index in [9.17, 15) is 0 Å². The molecule has 1 N–H and O–H groups in total. The van der Waals surface area contributed by atoms with Crippen molar-refractivity contribution in [2.75, 3.05) is 20.3 Å². The minimum Gasteiger partial charge on any atom is -0.493 e. The third-order valence-corrected chi connectivity index (χ3v) is 2.44. The van der Waals surface area contributed by atoms with E-state index < -0.39 is 0 Å². The number of hydrogen-bond acceptors (Lipinski definition) is 3. The minimum absolute atomic E-state index is 0.572. The fraction of sp³-hybridized carbons (Fsp3) is 0.500. The van der Waals surface area contributed by atoms with Crippen molar-refractivity contribution in [3.63, 3.8) is 0 Å². The van der Waals surface area contributed by atoms with Crippen LogP contribution in [0.15, 0.2) is 12.1 Å². The third kappa shape index (κ3) is 3.29. The number of methoxy groups -OCH3 is 1. The first-order valence-corrected chi connectivity index (χ1v) is 5.80. The van der Waals surface area contributed by atoms with Crippen LogP contribution in [0.5, 0.6) is 11.5 Å². The molecular formula is C12H18ClNO2. The van der Waals surface area contributed by atoms with Crippen molar-refractivity contribution in [3.8, 4) is 11.5 Å². The molecule has 0 aromatic heterocycles. The summed E-state index contributed by atoms with van der Waals surface area (Å²) in [4.78, 5) is 0. The zero-order chi connectivity index (χ0) is 12.0. The number of hydrogen-bond donors (Lipinski definition) is 1. The van der Waals surface area contributed by atoms with Crippen molar-refractivity contribution >= 4 is 11.6 Å². The lowest BCUT2D eigenvalue weighted by Gasteiger charge is -2.13. The predicted molar refractivity (Wildman–Crippen MR) is 66.6 cm³/mol. The Kier molecular flexibility index (Phi) is 5.43. The molecule has 0 saturated carbocycles. The van der Waals surface area contributed by atoms with Crippen LogP contribution in [0.1, 0.15) is 19.4 Å². The van der Waals surface area contributed by atoms with Crippen LogP contribution in [0.25, 0.3) is 0 Å². The summed E-state index contributed by atoms with van der Waals surface area (Å²) in [7, 11) is 1.62. The lowest BCUT2D eigenvalue weighted by molar-refractivity contribution is 0.311. The molecular weight excluding hydrogens is 226 g/mol. The van der Waals surface area contributed by atoms with E-state index in [1.165, 1.54) is 0 Å². The van der Waals surface area contributed by atoms with Gasteiger partial charge in [0.25, 0.3) is 0 Å². The van der Waals surface area contributed by atoms with E-state index in [1.807, 2.05) is 19.1 Å². The smallest absolute Gasteiger partial charge is 0.179 e. The molecule has 0 spiro atoms. The Hall–Kier alpha value is -0.930. The molecule has 3 nitrogen and oxygen atoms in total. The van der Waals surface area contributed by atoms with Gasteiger partial charge in [-0.15, -0.1) is 0 Å². The molecule has 0 heterocycles. The fourth-order valence-electron chi connectivity index (χ4n) is 1.43. The van der Waals surface area contributed by atoms with Crippen molar-refractivity contribution < 1.29 is 9.47 Å². The largest absolute Gasteiger partial charge is 0.493 e. The van der Waals surface area contributed by atoms with Gasteiger partial charge in [-0.2, -0.15) is 0 Å². The summed E-state index contributed by atoms with van der Waals surface area (Å²) in [6.07, 6.45) is 0. The second-order valence-corrected chi connectivity index (χ2v) is 3.73. The Morgan fingerprint density at radius 1 is 1.31 bits per heavy atom. The Labute approximate surface area is 102 Å². The molecule has 1 rings (SSSR count). The normalized spacial score (nSPS) is 10.2. The van der Waals surface area contributed by atoms with Crippen molar-refractivity contribution in [2.24, 2.45) is 0 Å². The van der Waals surface area contributed by atoms with Gasteiger partial charge in [0.15, 0.2) is 11.5 Å². The zero-order valence-electron chi connectivity index (χ0n) is 9.97. The van der Waals surface area contributed by atoms with Crippen LogP contribution >= 0.6 is 11.6 Å². The highest BCUT2D eigenvalue weighted by Crippen LogP contribution is 2.36. The summed E-state index contributed by atoms with van der Waals surface area (Å²) in [5.74, 6) is 1.30. The van der Waals surface area contributed by atoms with Crippen LogP contribution in [-0.4, -0.2) is 20.3 Å². The van der Waals surface area contributed by atoms with Crippen molar-refractivity contribution in [2.45, 2.75) is 20.4 Å². The molecule has 0 aliphatic rings. The summed E-state index contributed by atoms with van der Waals surface area (Å²) in [5, 5.41) is 3.83. The Morgan fingerprint density at radius 2 is 2.06 bits per heavy atom. The lowest BCUT2D eigenvalue weighted by Crippen LogP contribution is -2.12. The molecule has 0 saturated heterocycles. The topological polar surface area (TPSA) is 30.5 Å². The standard InChI is InChI=1S/C12H18ClNO2/c1-4-14-8-9-6-10(13)12(16-5-2)11(7-9)15-3/h6-7,14H,4-5,8H2,1-3H3. The van der Waals surface area contributed by atoms with E-state index >= 15 is 0 Å². The predicted octanol–water partition coefficient (Wildman–Crippen LogP) is 2.86. The van der Waals surface area contributed by atoms with Gasteiger partial charge >= 0.3 is 0 Å². The molecule has 0 unspecified atom stereocenters. The summed E-state index contributed by atoms with van der Waals surface area (Å²) >= 11 is 6.14. The van der Waals surface area contributed by atoms with E-state index in [0.717, 1.165) is 18.7 Å². The minimum atomic E-state index is 0.572. The molecule has 16 heavy (non-hydrogen) atoms. The second-order valence-electron chi connectivity index (χ2n) is 3.32. The first-order valence-electron chi connectivity index (χ1n) is 5.42. The van der Waals surface area contributed by atoms with Gasteiger partial charge in [0.2, 0.25) is 0 Å². The Morgan fingerprint density at radius 3 is 2.62 bits per heavy atom. The van der Waals surface area contributed by atoms with Gasteiger partial charge in [-0.1, -0.05) is 18.5 Å². The molecule has 0 bridgehead atoms. The van der Waals surface area contributed by atoms with Crippen molar-refractivity contribution in [1.82, 2.24) is 5.32 Å². The van der Waals surface area contributed by atoms with Crippen LogP contribution in [0, 0.1) is 0 Å². The van der Waals surface area contributed by atoms with Crippen LogP contribution in [0.4, 0.5) is 0 Å². The number of nitrogens with one attached hydrogen (secondary N) is 1. The maximum Gasteiger partial charge on any atom is 0.179 e. The van der Waals surface area contributed by atoms with Crippen LogP contribution in [-0.2, 0) is 6.54 Å². The highest BCUT2D eigenvalue weighted by molar-refractivity contribution is 6.32. The number of ether oxygens (including phenoxy) is 2. The zero-order valence-corrected chi connectivity index (χ0v) is 10.7. The van der Waals surface area contributed by atoms with Gasteiger partial charge in [-0.05, 0) is 31.2 Å². The average Bonchev–Trinajstić information content (AvgIpc) is 2.29. The summed E-state index contributed by atoms with van der Waals surface area (Å²) in [6, 6.07) is 3.84. The summed E-state index contributed by atoms with van der Waals surface area (Å²) < 4.78 is 10.7. The lowest BCUT2D eigenvalue weighted by atomic mass is 10.2. The molecule has 1 aromatic rings. The first kappa shape index (κ1) is 13.1. The average molecular weight is 244 g/mol. The van der Waals surface area contributed by atoms with Gasteiger partial charge in [0.05, 0.1) is 18.7 Å². The Bertz CT molecular complexity index is 342. The van der Waals surface area contributed by atoms with Gasteiger partial charge in [-0.3, -0.25) is 0 Å². The SMILES string of the molecule is CCNCc1cc(Cl)c(OCC)c(OC)c1. The van der Waals surface area contributed by atoms with E-state index in [4.69, 9.17) is 21.1 Å². The first-order chi connectivity index (χ1) is 7.72. The quantitative estimate of drug-likeness (QED) is 0.834. The maximum absolute atomic E-state index is 6.14. The van der Waals surface area contributed by atoms with E-state index in [0.29, 0.717) is 23.1 Å². The molecule has 4 heteroatoms. The van der Waals surface area contributed by atoms with Crippen LogP contribution in [0.2, 0.25) is 5.02 Å². The van der Waals surface area contributed by atoms with Gasteiger partial charge in [-0.25, -0.2) is 0 Å². The molecule has 0 aliphatic heterocycles. The Balaban J connectivity index is 2.96. The van der Waals surface area contributed by atoms with Crippen molar-refractivity contribution in [3.05, 3.63) is 22.7 Å². The summed E-state index contributed by atoms with van der Waals surface area (Å²) in [6.45, 7) is 6.25. The molecule has 90 valence electrons. The van der Waals surface area contributed by atoms with Crippen LogP contribution in [0.3, 0.4) is 0 Å². The molecule has 1 aromatic carbocycles.